The largest absolute Gasteiger partial charge is 0.489 e. The van der Waals surface area contributed by atoms with Crippen LogP contribution >= 0.6 is 0 Å². The van der Waals surface area contributed by atoms with Crippen molar-refractivity contribution >= 4 is 17.5 Å². The Bertz CT molecular complexity index is 924. The van der Waals surface area contributed by atoms with E-state index in [9.17, 15) is 9.18 Å². The van der Waals surface area contributed by atoms with Crippen LogP contribution in [-0.2, 0) is 16.2 Å². The molecule has 0 bridgehead atoms. The van der Waals surface area contributed by atoms with E-state index in [0.717, 1.165) is 29.0 Å². The maximum absolute atomic E-state index is 13.0. The molecule has 0 saturated carbocycles. The molecule has 2 aromatic carbocycles. The molecule has 0 saturated heterocycles. The topological polar surface area (TPSA) is 63.5 Å². The van der Waals surface area contributed by atoms with Gasteiger partial charge < -0.3 is 9.57 Å². The monoisotopic (exact) mass is 411 g/mol. The van der Waals surface area contributed by atoms with E-state index in [1.165, 1.54) is 12.1 Å². The molecule has 2 aromatic rings. The van der Waals surface area contributed by atoms with Gasteiger partial charge in [0, 0.05) is 18.6 Å². The third kappa shape index (κ3) is 5.65. The predicted octanol–water partition coefficient (Wildman–Crippen LogP) is 5.20. The van der Waals surface area contributed by atoms with Crippen molar-refractivity contribution in [1.29, 1.82) is 0 Å². The van der Waals surface area contributed by atoms with E-state index < -0.39 is 0 Å². The van der Waals surface area contributed by atoms with E-state index in [2.05, 4.69) is 10.3 Å². The number of hydrogen-bond donors (Lipinski definition) is 0. The molecular formula is C23H26FN3O3. The summed E-state index contributed by atoms with van der Waals surface area (Å²) in [5.41, 5.74) is 2.93. The molecule has 1 aliphatic heterocycles. The Kier molecular flexibility index (Phi) is 7.17. The number of hydrogen-bond acceptors (Lipinski definition) is 5. The van der Waals surface area contributed by atoms with Gasteiger partial charge in [-0.1, -0.05) is 36.3 Å². The molecule has 7 heteroatoms. The molecule has 1 heterocycles. The van der Waals surface area contributed by atoms with E-state index in [1.54, 1.807) is 24.1 Å². The molecule has 0 N–H and O–H groups in total. The molecule has 0 aromatic heterocycles. The second-order valence-corrected chi connectivity index (χ2v) is 7.24. The highest BCUT2D eigenvalue weighted by Gasteiger charge is 2.28. The number of carbonyl (C=O) groups excluding carboxylic acids is 1. The first-order valence-electron chi connectivity index (χ1n) is 10.0. The van der Waals surface area contributed by atoms with Crippen LogP contribution in [0.1, 0.15) is 57.2 Å². The van der Waals surface area contributed by atoms with Gasteiger partial charge in [0.05, 0.1) is 6.04 Å². The molecule has 3 rings (SSSR count). The summed E-state index contributed by atoms with van der Waals surface area (Å²) in [5.74, 6) is 0.638. The molecule has 158 valence electrons. The lowest BCUT2D eigenvalue weighted by atomic mass is 10.0. The normalized spacial score (nSPS) is 16.4. The van der Waals surface area contributed by atoms with Gasteiger partial charge in [-0.3, -0.25) is 0 Å². The van der Waals surface area contributed by atoms with Crippen LogP contribution in [0.15, 0.2) is 58.8 Å². The van der Waals surface area contributed by atoms with Crippen molar-refractivity contribution in [1.82, 2.24) is 5.01 Å². The molecule has 6 nitrogen and oxygen atoms in total. The number of amidine groups is 1. The van der Waals surface area contributed by atoms with Crippen molar-refractivity contribution in [3.05, 3.63) is 65.5 Å². The zero-order valence-corrected chi connectivity index (χ0v) is 17.5. The number of halogens is 1. The van der Waals surface area contributed by atoms with Gasteiger partial charge in [-0.05, 0) is 55.7 Å². The molecule has 0 spiro atoms. The summed E-state index contributed by atoms with van der Waals surface area (Å²) in [6.07, 6.45) is 1.81. The highest BCUT2D eigenvalue weighted by molar-refractivity contribution is 5.89. The molecule has 0 aliphatic carbocycles. The number of oxime groups is 1. The third-order valence-electron chi connectivity index (χ3n) is 4.71. The van der Waals surface area contributed by atoms with Crippen molar-refractivity contribution in [2.24, 2.45) is 10.3 Å². The SMILES string of the molecule is CCCC(=O)O/N=C(/C)N1N=C(C)CC1c1ccc(OCc2ccc(F)cc2)cc1. The van der Waals surface area contributed by atoms with Gasteiger partial charge in [0.2, 0.25) is 0 Å². The molecule has 30 heavy (non-hydrogen) atoms. The van der Waals surface area contributed by atoms with Crippen molar-refractivity contribution in [2.75, 3.05) is 0 Å². The van der Waals surface area contributed by atoms with E-state index in [1.807, 2.05) is 38.1 Å². The number of hydrazone groups is 1. The van der Waals surface area contributed by atoms with Crippen LogP contribution in [0, 0.1) is 5.82 Å². The van der Waals surface area contributed by atoms with Crippen LogP contribution in [0.4, 0.5) is 4.39 Å². The minimum atomic E-state index is -0.351. The summed E-state index contributed by atoms with van der Waals surface area (Å²) < 4.78 is 18.8. The second kappa shape index (κ2) is 10.0. The minimum absolute atomic E-state index is 0.0234. The molecule has 0 fully saturated rings. The average Bonchev–Trinajstić information content (AvgIpc) is 3.14. The Morgan fingerprint density at radius 3 is 2.57 bits per heavy atom. The van der Waals surface area contributed by atoms with Crippen LogP contribution in [0.3, 0.4) is 0 Å². The third-order valence-corrected chi connectivity index (χ3v) is 4.71. The maximum atomic E-state index is 13.0. The number of nitrogens with zero attached hydrogens (tertiary/aromatic N) is 3. The first-order chi connectivity index (χ1) is 14.5. The van der Waals surface area contributed by atoms with Crippen LogP contribution in [-0.4, -0.2) is 22.5 Å². The van der Waals surface area contributed by atoms with E-state index >= 15 is 0 Å². The summed E-state index contributed by atoms with van der Waals surface area (Å²) in [4.78, 5) is 16.6. The van der Waals surface area contributed by atoms with Crippen molar-refractivity contribution < 1.29 is 18.8 Å². The van der Waals surface area contributed by atoms with Gasteiger partial charge >= 0.3 is 5.97 Å². The summed E-state index contributed by atoms with van der Waals surface area (Å²) in [6.45, 7) is 6.01. The summed E-state index contributed by atoms with van der Waals surface area (Å²) in [7, 11) is 0. The van der Waals surface area contributed by atoms with Crippen LogP contribution in [0.25, 0.3) is 0 Å². The highest BCUT2D eigenvalue weighted by atomic mass is 19.1. The van der Waals surface area contributed by atoms with Crippen molar-refractivity contribution in [3.63, 3.8) is 0 Å². The smallest absolute Gasteiger partial charge is 0.335 e. The zero-order valence-electron chi connectivity index (χ0n) is 17.5. The fraction of sp³-hybridized carbons (Fsp3) is 0.348. The number of carbonyl (C=O) groups is 1. The van der Waals surface area contributed by atoms with Gasteiger partial charge in [0.15, 0.2) is 5.84 Å². The van der Waals surface area contributed by atoms with Crippen molar-refractivity contribution in [3.8, 4) is 5.75 Å². The Hall–Kier alpha value is -3.22. The number of benzene rings is 2. The van der Waals surface area contributed by atoms with Crippen LogP contribution < -0.4 is 4.74 Å². The lowest BCUT2D eigenvalue weighted by molar-refractivity contribution is -0.143. The summed E-state index contributed by atoms with van der Waals surface area (Å²) in [5, 5.41) is 10.3. The maximum Gasteiger partial charge on any atom is 0.335 e. The van der Waals surface area contributed by atoms with Gasteiger partial charge in [-0.25, -0.2) is 14.2 Å². The van der Waals surface area contributed by atoms with E-state index in [4.69, 9.17) is 9.57 Å². The fourth-order valence-corrected chi connectivity index (χ4v) is 3.16. The van der Waals surface area contributed by atoms with E-state index in [-0.39, 0.29) is 17.8 Å². The Labute approximate surface area is 176 Å². The number of ether oxygens (including phenoxy) is 1. The quantitative estimate of drug-likeness (QED) is 0.272. The average molecular weight is 411 g/mol. The zero-order chi connectivity index (χ0) is 21.5. The fourth-order valence-electron chi connectivity index (χ4n) is 3.16. The van der Waals surface area contributed by atoms with Gasteiger partial charge in [-0.2, -0.15) is 5.10 Å². The lowest BCUT2D eigenvalue weighted by Crippen LogP contribution is -2.25. The number of rotatable bonds is 7. The molecule has 0 amide bonds. The molecule has 0 radical (unpaired) electrons. The summed E-state index contributed by atoms with van der Waals surface area (Å²) in [6, 6.07) is 14.0. The minimum Gasteiger partial charge on any atom is -0.489 e. The Morgan fingerprint density at radius 1 is 1.20 bits per heavy atom. The molecular weight excluding hydrogens is 385 g/mol. The summed E-state index contributed by atoms with van der Waals surface area (Å²) >= 11 is 0. The van der Waals surface area contributed by atoms with Gasteiger partial charge in [-0.15, -0.1) is 0 Å². The molecule has 1 unspecified atom stereocenters. The van der Waals surface area contributed by atoms with E-state index in [0.29, 0.717) is 25.3 Å². The molecule has 1 aliphatic rings. The first kappa shape index (κ1) is 21.5. The van der Waals surface area contributed by atoms with Crippen LogP contribution in [0.2, 0.25) is 0 Å². The van der Waals surface area contributed by atoms with Gasteiger partial charge in [0.1, 0.15) is 18.2 Å². The van der Waals surface area contributed by atoms with Crippen molar-refractivity contribution in [2.45, 2.75) is 52.7 Å². The second-order valence-electron chi connectivity index (χ2n) is 7.24. The first-order valence-corrected chi connectivity index (χ1v) is 10.0. The highest BCUT2D eigenvalue weighted by Crippen LogP contribution is 2.32. The Balaban J connectivity index is 1.64. The Morgan fingerprint density at radius 2 is 1.90 bits per heavy atom. The lowest BCUT2D eigenvalue weighted by Gasteiger charge is -2.23. The van der Waals surface area contributed by atoms with Crippen LogP contribution in [0.5, 0.6) is 5.75 Å². The predicted molar refractivity (Wildman–Crippen MR) is 114 cm³/mol. The standard InChI is InChI=1S/C23H26FN3O3/c1-4-5-23(28)30-26-17(3)27-22(14-16(2)25-27)19-8-12-21(13-9-19)29-15-18-6-10-20(24)11-7-18/h6-13,22H,4-5,14-15H2,1-3H3/b26-17-. The van der Waals surface area contributed by atoms with Gasteiger partial charge in [0.25, 0.3) is 0 Å². The molecule has 1 atom stereocenters.